The summed E-state index contributed by atoms with van der Waals surface area (Å²) in [5.74, 6) is -1.26. The van der Waals surface area contributed by atoms with Crippen molar-refractivity contribution >= 4 is 0 Å². The molecule has 0 aliphatic carbocycles. The number of hydrogen-bond acceptors (Lipinski definition) is 3. The third-order valence-corrected chi connectivity index (χ3v) is 2.76. The lowest BCUT2D eigenvalue weighted by atomic mass is 10.1. The van der Waals surface area contributed by atoms with Crippen molar-refractivity contribution in [2.24, 2.45) is 0 Å². The van der Waals surface area contributed by atoms with Gasteiger partial charge in [0, 0.05) is 29.9 Å². The van der Waals surface area contributed by atoms with Gasteiger partial charge >= 0.3 is 0 Å². The van der Waals surface area contributed by atoms with Gasteiger partial charge in [-0.15, -0.1) is 0 Å². The fraction of sp³-hybridized carbons (Fsp3) is 0.312. The lowest BCUT2D eigenvalue weighted by Gasteiger charge is -2.21. The number of pyridine rings is 1. The van der Waals surface area contributed by atoms with Gasteiger partial charge in [-0.25, -0.2) is 13.8 Å². The van der Waals surface area contributed by atoms with E-state index in [2.05, 4.69) is 31.1 Å². The van der Waals surface area contributed by atoms with Crippen LogP contribution in [0.15, 0.2) is 36.5 Å². The van der Waals surface area contributed by atoms with Crippen molar-refractivity contribution < 1.29 is 13.5 Å². The second-order valence-corrected chi connectivity index (χ2v) is 5.75. The molecular formula is C16H18F2N2O. The molecule has 0 spiro atoms. The van der Waals surface area contributed by atoms with Crippen molar-refractivity contribution in [2.75, 3.05) is 0 Å². The first kappa shape index (κ1) is 15.4. The molecule has 0 fully saturated rings. The highest BCUT2D eigenvalue weighted by atomic mass is 19.2. The van der Waals surface area contributed by atoms with Gasteiger partial charge < -0.3 is 10.1 Å². The molecule has 112 valence electrons. The average molecular weight is 292 g/mol. The maximum atomic E-state index is 13.2. The van der Waals surface area contributed by atoms with Crippen molar-refractivity contribution in [3.05, 3.63) is 53.7 Å². The zero-order chi connectivity index (χ0) is 15.5. The number of hydrogen-bond donors (Lipinski definition) is 1. The zero-order valence-corrected chi connectivity index (χ0v) is 12.3. The molecule has 0 atom stereocenters. The fourth-order valence-electron chi connectivity index (χ4n) is 1.66. The molecule has 0 saturated carbocycles. The summed E-state index contributed by atoms with van der Waals surface area (Å²) in [4.78, 5) is 4.15. The van der Waals surface area contributed by atoms with Gasteiger partial charge in [0.05, 0.1) is 0 Å². The highest BCUT2D eigenvalue weighted by Crippen LogP contribution is 2.24. The number of benzene rings is 1. The highest BCUT2D eigenvalue weighted by molar-refractivity contribution is 5.32. The van der Waals surface area contributed by atoms with Crippen LogP contribution >= 0.6 is 0 Å². The van der Waals surface area contributed by atoms with Crippen LogP contribution in [0.3, 0.4) is 0 Å². The first-order valence-electron chi connectivity index (χ1n) is 6.67. The second-order valence-electron chi connectivity index (χ2n) is 5.75. The Kier molecular flexibility index (Phi) is 4.53. The van der Waals surface area contributed by atoms with Crippen molar-refractivity contribution in [1.29, 1.82) is 0 Å². The Labute approximate surface area is 123 Å². The summed E-state index contributed by atoms with van der Waals surface area (Å²) in [6, 6.07) is 7.08. The average Bonchev–Trinajstić information content (AvgIpc) is 2.41. The van der Waals surface area contributed by atoms with Crippen LogP contribution in [0.25, 0.3) is 0 Å². The highest BCUT2D eigenvalue weighted by Gasteiger charge is 2.12. The van der Waals surface area contributed by atoms with E-state index in [-0.39, 0.29) is 11.3 Å². The van der Waals surface area contributed by atoms with Gasteiger partial charge in [0.1, 0.15) is 5.75 Å². The second kappa shape index (κ2) is 6.18. The molecule has 1 aromatic heterocycles. The Balaban J connectivity index is 2.17. The Morgan fingerprint density at radius 1 is 1.14 bits per heavy atom. The molecule has 0 unspecified atom stereocenters. The van der Waals surface area contributed by atoms with E-state index in [4.69, 9.17) is 4.74 Å². The predicted octanol–water partition coefficient (Wildman–Crippen LogP) is 4.04. The zero-order valence-electron chi connectivity index (χ0n) is 12.3. The van der Waals surface area contributed by atoms with Gasteiger partial charge in [0.25, 0.3) is 0 Å². The molecule has 5 heteroatoms. The van der Waals surface area contributed by atoms with E-state index < -0.39 is 11.6 Å². The summed E-state index contributed by atoms with van der Waals surface area (Å²) in [6.45, 7) is 6.73. The van der Waals surface area contributed by atoms with E-state index in [1.807, 2.05) is 6.07 Å². The molecule has 3 nitrogen and oxygen atoms in total. The third-order valence-electron chi connectivity index (χ3n) is 2.76. The minimum absolute atomic E-state index is 0.0465. The van der Waals surface area contributed by atoms with E-state index in [1.165, 1.54) is 6.07 Å². The van der Waals surface area contributed by atoms with E-state index in [1.54, 1.807) is 12.3 Å². The quantitative estimate of drug-likeness (QED) is 0.923. The molecule has 0 aliphatic heterocycles. The summed E-state index contributed by atoms with van der Waals surface area (Å²) >= 11 is 0. The molecule has 1 N–H and O–H groups in total. The van der Waals surface area contributed by atoms with Crippen LogP contribution in [-0.2, 0) is 6.54 Å². The van der Waals surface area contributed by atoms with Gasteiger partial charge in [-0.1, -0.05) is 6.07 Å². The molecule has 1 aromatic carbocycles. The van der Waals surface area contributed by atoms with E-state index in [9.17, 15) is 8.78 Å². The summed E-state index contributed by atoms with van der Waals surface area (Å²) in [5.41, 5.74) is 0.798. The predicted molar refractivity (Wildman–Crippen MR) is 77.3 cm³/mol. The monoisotopic (exact) mass is 292 g/mol. The fourth-order valence-corrected chi connectivity index (χ4v) is 1.66. The molecular weight excluding hydrogens is 274 g/mol. The van der Waals surface area contributed by atoms with Crippen LogP contribution in [0.1, 0.15) is 26.3 Å². The van der Waals surface area contributed by atoms with Crippen molar-refractivity contribution in [3.8, 4) is 11.6 Å². The number of rotatable bonds is 4. The maximum absolute atomic E-state index is 13.2. The largest absolute Gasteiger partial charge is 0.439 e. The summed E-state index contributed by atoms with van der Waals surface area (Å²) in [5, 5.41) is 3.33. The van der Waals surface area contributed by atoms with Crippen LogP contribution < -0.4 is 10.1 Å². The number of halogens is 2. The lowest BCUT2D eigenvalue weighted by Crippen LogP contribution is -2.35. The lowest BCUT2D eigenvalue weighted by molar-refractivity contribution is 0.407. The van der Waals surface area contributed by atoms with Crippen LogP contribution in [0, 0.1) is 11.6 Å². The van der Waals surface area contributed by atoms with Gasteiger partial charge in [-0.3, -0.25) is 0 Å². The Bertz CT molecular complexity index is 624. The first-order chi connectivity index (χ1) is 9.85. The van der Waals surface area contributed by atoms with Crippen LogP contribution in [0.2, 0.25) is 0 Å². The Hall–Kier alpha value is -2.01. The van der Waals surface area contributed by atoms with Crippen molar-refractivity contribution in [3.63, 3.8) is 0 Å². The normalized spacial score (nSPS) is 11.5. The SMILES string of the molecule is CC(C)(C)NCc1cccnc1Oc1ccc(F)c(F)c1. The first-order valence-corrected chi connectivity index (χ1v) is 6.67. The minimum atomic E-state index is -0.946. The molecule has 0 radical (unpaired) electrons. The number of nitrogens with zero attached hydrogens (tertiary/aromatic N) is 1. The molecule has 2 aromatic rings. The van der Waals surface area contributed by atoms with Crippen LogP contribution in [-0.4, -0.2) is 10.5 Å². The van der Waals surface area contributed by atoms with Gasteiger partial charge in [0.2, 0.25) is 5.88 Å². The Morgan fingerprint density at radius 3 is 2.57 bits per heavy atom. The van der Waals surface area contributed by atoms with Crippen LogP contribution in [0.4, 0.5) is 8.78 Å². The summed E-state index contributed by atoms with van der Waals surface area (Å²) in [6.07, 6.45) is 1.59. The molecule has 1 heterocycles. The van der Waals surface area contributed by atoms with Gasteiger partial charge in [-0.2, -0.15) is 0 Å². The van der Waals surface area contributed by atoms with Crippen molar-refractivity contribution in [1.82, 2.24) is 10.3 Å². The van der Waals surface area contributed by atoms with Gasteiger partial charge in [-0.05, 0) is 39.0 Å². The molecule has 2 rings (SSSR count). The van der Waals surface area contributed by atoms with E-state index in [0.717, 1.165) is 17.7 Å². The summed E-state index contributed by atoms with van der Waals surface area (Å²) in [7, 11) is 0. The molecule has 0 saturated heterocycles. The molecule has 0 amide bonds. The summed E-state index contributed by atoms with van der Waals surface area (Å²) < 4.78 is 31.7. The molecule has 0 aliphatic rings. The number of nitrogens with one attached hydrogen (secondary N) is 1. The smallest absolute Gasteiger partial charge is 0.223 e. The molecule has 0 bridgehead atoms. The third kappa shape index (κ3) is 4.49. The Morgan fingerprint density at radius 2 is 1.90 bits per heavy atom. The molecule has 21 heavy (non-hydrogen) atoms. The number of ether oxygens (including phenoxy) is 1. The van der Waals surface area contributed by atoms with E-state index in [0.29, 0.717) is 12.4 Å². The maximum Gasteiger partial charge on any atom is 0.223 e. The minimum Gasteiger partial charge on any atom is -0.439 e. The topological polar surface area (TPSA) is 34.2 Å². The van der Waals surface area contributed by atoms with Gasteiger partial charge in [0.15, 0.2) is 11.6 Å². The van der Waals surface area contributed by atoms with E-state index >= 15 is 0 Å². The number of aromatic nitrogens is 1. The standard InChI is InChI=1S/C16H18F2N2O/c1-16(2,3)20-10-11-5-4-8-19-15(11)21-12-6-7-13(17)14(18)9-12/h4-9,20H,10H2,1-3H3. The van der Waals surface area contributed by atoms with Crippen molar-refractivity contribution in [2.45, 2.75) is 32.9 Å². The van der Waals surface area contributed by atoms with Crippen LogP contribution in [0.5, 0.6) is 11.6 Å².